The molecule has 0 spiro atoms. The Kier molecular flexibility index (Phi) is 1.72. The third-order valence-corrected chi connectivity index (χ3v) is 2.13. The van der Waals surface area contributed by atoms with E-state index < -0.39 is 0 Å². The van der Waals surface area contributed by atoms with Crippen molar-refractivity contribution in [1.82, 2.24) is 9.38 Å². The summed E-state index contributed by atoms with van der Waals surface area (Å²) >= 11 is 0. The van der Waals surface area contributed by atoms with Gasteiger partial charge in [0.2, 0.25) is 0 Å². The summed E-state index contributed by atoms with van der Waals surface area (Å²) in [7, 11) is 0. The predicted molar refractivity (Wildman–Crippen MR) is 50.9 cm³/mol. The Labute approximate surface area is 76.7 Å². The van der Waals surface area contributed by atoms with Crippen LogP contribution in [0.25, 0.3) is 5.52 Å². The van der Waals surface area contributed by atoms with Crippen molar-refractivity contribution in [2.45, 2.75) is 19.8 Å². The summed E-state index contributed by atoms with van der Waals surface area (Å²) in [6.07, 6.45) is 3.51. The van der Waals surface area contributed by atoms with E-state index in [0.29, 0.717) is 11.7 Å². The molecule has 0 aliphatic rings. The van der Waals surface area contributed by atoms with Gasteiger partial charge in [-0.1, -0.05) is 13.8 Å². The van der Waals surface area contributed by atoms with E-state index in [1.807, 2.05) is 4.40 Å². The molecule has 68 valence electrons. The fourth-order valence-corrected chi connectivity index (χ4v) is 1.49. The average Bonchev–Trinajstić information content (AvgIpc) is 2.49. The summed E-state index contributed by atoms with van der Waals surface area (Å²) in [5.74, 6) is 0.681. The zero-order valence-electron chi connectivity index (χ0n) is 7.73. The van der Waals surface area contributed by atoms with Crippen molar-refractivity contribution in [3.63, 3.8) is 0 Å². The van der Waals surface area contributed by atoms with Gasteiger partial charge in [0.15, 0.2) is 0 Å². The van der Waals surface area contributed by atoms with Crippen LogP contribution in [0.1, 0.15) is 25.5 Å². The van der Waals surface area contributed by atoms with Gasteiger partial charge >= 0.3 is 0 Å². The molecule has 0 aliphatic heterocycles. The summed E-state index contributed by atoms with van der Waals surface area (Å²) < 4.78 is 1.99. The third kappa shape index (κ3) is 1.26. The van der Waals surface area contributed by atoms with Gasteiger partial charge in [0, 0.05) is 17.8 Å². The van der Waals surface area contributed by atoms with Crippen molar-refractivity contribution in [2.24, 2.45) is 0 Å². The molecule has 2 heterocycles. The van der Waals surface area contributed by atoms with Gasteiger partial charge in [0.1, 0.15) is 5.75 Å². The predicted octanol–water partition coefficient (Wildman–Crippen LogP) is 2.16. The molecule has 1 N–H and O–H groups in total. The SMILES string of the molecule is CC(C)c1cc(O)cc2cncn12. The van der Waals surface area contributed by atoms with Crippen LogP contribution in [0.2, 0.25) is 0 Å². The molecule has 2 rings (SSSR count). The van der Waals surface area contributed by atoms with Crippen molar-refractivity contribution >= 4 is 5.52 Å². The smallest absolute Gasteiger partial charge is 0.119 e. The van der Waals surface area contributed by atoms with E-state index in [1.54, 1.807) is 24.7 Å². The molecule has 2 aromatic heterocycles. The molecule has 0 radical (unpaired) electrons. The molecular weight excluding hydrogens is 164 g/mol. The first-order valence-corrected chi connectivity index (χ1v) is 4.33. The molecule has 3 heteroatoms. The van der Waals surface area contributed by atoms with Crippen LogP contribution in [-0.2, 0) is 0 Å². The van der Waals surface area contributed by atoms with Crippen molar-refractivity contribution in [3.8, 4) is 5.75 Å². The van der Waals surface area contributed by atoms with E-state index in [4.69, 9.17) is 0 Å². The van der Waals surface area contributed by atoms with E-state index in [0.717, 1.165) is 11.2 Å². The molecule has 0 unspecified atom stereocenters. The first-order valence-electron chi connectivity index (χ1n) is 4.33. The Morgan fingerprint density at radius 1 is 1.38 bits per heavy atom. The van der Waals surface area contributed by atoms with Crippen LogP contribution >= 0.6 is 0 Å². The fourth-order valence-electron chi connectivity index (χ4n) is 1.49. The highest BCUT2D eigenvalue weighted by atomic mass is 16.3. The van der Waals surface area contributed by atoms with Gasteiger partial charge in [0.05, 0.1) is 18.0 Å². The van der Waals surface area contributed by atoms with Gasteiger partial charge in [-0.3, -0.25) is 0 Å². The molecule has 0 fully saturated rings. The molecule has 0 amide bonds. The maximum Gasteiger partial charge on any atom is 0.119 e. The molecule has 0 aliphatic carbocycles. The highest BCUT2D eigenvalue weighted by Crippen LogP contribution is 2.22. The van der Waals surface area contributed by atoms with Crippen LogP contribution in [-0.4, -0.2) is 14.5 Å². The lowest BCUT2D eigenvalue weighted by Gasteiger charge is -2.09. The monoisotopic (exact) mass is 176 g/mol. The number of pyridine rings is 1. The molecule has 0 atom stereocenters. The highest BCUT2D eigenvalue weighted by Gasteiger charge is 2.06. The standard InChI is InChI=1S/C10H12N2O/c1-7(2)10-4-9(13)3-8-5-11-6-12(8)10/h3-7,13H,1-2H3. The molecule has 2 aromatic rings. The normalized spacial score (nSPS) is 11.3. The number of nitrogens with zero attached hydrogens (tertiary/aromatic N) is 2. The highest BCUT2D eigenvalue weighted by molar-refractivity contribution is 5.51. The second-order valence-electron chi connectivity index (χ2n) is 3.48. The zero-order valence-corrected chi connectivity index (χ0v) is 7.73. The third-order valence-electron chi connectivity index (χ3n) is 2.13. The average molecular weight is 176 g/mol. The Morgan fingerprint density at radius 3 is 2.85 bits per heavy atom. The lowest BCUT2D eigenvalue weighted by Crippen LogP contribution is -1.97. The summed E-state index contributed by atoms with van der Waals surface area (Å²) in [4.78, 5) is 4.04. The lowest BCUT2D eigenvalue weighted by atomic mass is 10.1. The Bertz CT molecular complexity index is 431. The second kappa shape index (κ2) is 2.76. The summed E-state index contributed by atoms with van der Waals surface area (Å²) in [6, 6.07) is 3.48. The molecule has 13 heavy (non-hydrogen) atoms. The quantitative estimate of drug-likeness (QED) is 0.723. The topological polar surface area (TPSA) is 37.5 Å². The van der Waals surface area contributed by atoms with E-state index in [-0.39, 0.29) is 0 Å². The van der Waals surface area contributed by atoms with Gasteiger partial charge in [-0.05, 0) is 5.92 Å². The Morgan fingerprint density at radius 2 is 2.15 bits per heavy atom. The maximum atomic E-state index is 9.44. The van der Waals surface area contributed by atoms with Gasteiger partial charge in [-0.25, -0.2) is 4.98 Å². The molecule has 3 nitrogen and oxygen atoms in total. The number of hydrogen-bond acceptors (Lipinski definition) is 2. The number of imidazole rings is 1. The van der Waals surface area contributed by atoms with E-state index in [1.165, 1.54) is 0 Å². The van der Waals surface area contributed by atoms with Gasteiger partial charge in [0.25, 0.3) is 0 Å². The zero-order chi connectivity index (χ0) is 9.42. The minimum absolute atomic E-state index is 0.303. The van der Waals surface area contributed by atoms with Gasteiger partial charge < -0.3 is 9.51 Å². The molecular formula is C10H12N2O. The largest absolute Gasteiger partial charge is 0.508 e. The molecule has 0 saturated heterocycles. The number of hydrogen-bond donors (Lipinski definition) is 1. The van der Waals surface area contributed by atoms with Crippen LogP contribution in [0.15, 0.2) is 24.7 Å². The Balaban J connectivity index is 2.77. The van der Waals surface area contributed by atoms with Gasteiger partial charge in [-0.2, -0.15) is 0 Å². The van der Waals surface area contributed by atoms with E-state index in [2.05, 4.69) is 18.8 Å². The first kappa shape index (κ1) is 8.10. The van der Waals surface area contributed by atoms with Gasteiger partial charge in [-0.15, -0.1) is 0 Å². The summed E-state index contributed by atoms with van der Waals surface area (Å²) in [5.41, 5.74) is 2.01. The van der Waals surface area contributed by atoms with Crippen LogP contribution in [0.3, 0.4) is 0 Å². The first-order chi connectivity index (χ1) is 6.18. The fraction of sp³-hybridized carbons (Fsp3) is 0.300. The number of rotatable bonds is 1. The van der Waals surface area contributed by atoms with Crippen molar-refractivity contribution in [3.05, 3.63) is 30.4 Å². The number of aromatic hydroxyl groups is 1. The van der Waals surface area contributed by atoms with Crippen LogP contribution in [0.5, 0.6) is 5.75 Å². The van der Waals surface area contributed by atoms with Crippen LogP contribution < -0.4 is 0 Å². The molecule has 0 aromatic carbocycles. The molecule has 0 bridgehead atoms. The minimum atomic E-state index is 0.303. The van der Waals surface area contributed by atoms with E-state index >= 15 is 0 Å². The van der Waals surface area contributed by atoms with Crippen molar-refractivity contribution in [2.75, 3.05) is 0 Å². The maximum absolute atomic E-state index is 9.44. The van der Waals surface area contributed by atoms with Crippen LogP contribution in [0.4, 0.5) is 0 Å². The summed E-state index contributed by atoms with van der Waals surface area (Å²) in [5, 5.41) is 9.44. The number of aromatic nitrogens is 2. The second-order valence-corrected chi connectivity index (χ2v) is 3.48. The van der Waals surface area contributed by atoms with Crippen molar-refractivity contribution < 1.29 is 5.11 Å². The Hall–Kier alpha value is -1.51. The molecule has 0 saturated carbocycles. The van der Waals surface area contributed by atoms with Crippen LogP contribution in [0, 0.1) is 0 Å². The van der Waals surface area contributed by atoms with E-state index in [9.17, 15) is 5.11 Å². The van der Waals surface area contributed by atoms with Crippen molar-refractivity contribution in [1.29, 1.82) is 0 Å². The lowest BCUT2D eigenvalue weighted by molar-refractivity contribution is 0.473. The number of fused-ring (bicyclic) bond motifs is 1. The minimum Gasteiger partial charge on any atom is -0.508 e. The summed E-state index contributed by atoms with van der Waals surface area (Å²) in [6.45, 7) is 4.18.